The van der Waals surface area contributed by atoms with Crippen molar-refractivity contribution < 1.29 is 21.2 Å². The summed E-state index contributed by atoms with van der Waals surface area (Å²) >= 11 is 0. The van der Waals surface area contributed by atoms with Gasteiger partial charge < -0.3 is 5.73 Å². The quantitative estimate of drug-likeness (QED) is 0.672. The first-order chi connectivity index (χ1) is 9.89. The number of hydrogen-bond donors (Lipinski definition) is 3. The van der Waals surface area contributed by atoms with Crippen LogP contribution in [0, 0.1) is 5.82 Å². The number of halogens is 1. The molecule has 0 bridgehead atoms. The highest BCUT2D eigenvalue weighted by Crippen LogP contribution is 2.20. The monoisotopic (exact) mass is 353 g/mol. The maximum absolute atomic E-state index is 14.0. The number of nitrogens with one attached hydrogen (secondary N) is 2. The summed E-state index contributed by atoms with van der Waals surface area (Å²) in [6.45, 7) is 4.92. The molecule has 0 aliphatic heterocycles. The van der Waals surface area contributed by atoms with Gasteiger partial charge in [-0.3, -0.25) is 0 Å². The highest BCUT2D eigenvalue weighted by Gasteiger charge is 2.25. The minimum atomic E-state index is -4.07. The van der Waals surface area contributed by atoms with Gasteiger partial charge in [-0.25, -0.2) is 30.7 Å². The van der Waals surface area contributed by atoms with E-state index in [0.29, 0.717) is 6.07 Å². The van der Waals surface area contributed by atoms with Crippen LogP contribution in [-0.2, 0) is 20.0 Å². The van der Waals surface area contributed by atoms with Gasteiger partial charge in [-0.05, 0) is 39.0 Å². The van der Waals surface area contributed by atoms with E-state index in [9.17, 15) is 21.2 Å². The van der Waals surface area contributed by atoms with E-state index in [2.05, 4.69) is 9.44 Å². The Hall–Kier alpha value is -1.07. The lowest BCUT2D eigenvalue weighted by Crippen LogP contribution is -2.40. The zero-order chi connectivity index (χ0) is 17.2. The third-order valence-electron chi connectivity index (χ3n) is 2.38. The van der Waals surface area contributed by atoms with Crippen molar-refractivity contribution in [2.45, 2.75) is 36.1 Å². The van der Waals surface area contributed by atoms with Crippen LogP contribution < -0.4 is 15.2 Å². The number of hydrogen-bond acceptors (Lipinski definition) is 5. The molecule has 1 aromatic rings. The van der Waals surface area contributed by atoms with E-state index in [0.717, 1.165) is 12.1 Å². The lowest BCUT2D eigenvalue weighted by atomic mass is 10.1. The van der Waals surface area contributed by atoms with Crippen molar-refractivity contribution in [3.05, 3.63) is 24.0 Å². The summed E-state index contributed by atoms with van der Waals surface area (Å²) in [5.41, 5.74) is 4.44. The molecule has 4 N–H and O–H groups in total. The second-order valence-corrected chi connectivity index (χ2v) is 9.05. The lowest BCUT2D eigenvalue weighted by Gasteiger charge is -2.20. The summed E-state index contributed by atoms with van der Waals surface area (Å²) in [7, 11) is -8.02. The molecule has 0 atom stereocenters. The normalized spacial score (nSPS) is 13.3. The fourth-order valence-electron chi connectivity index (χ4n) is 1.60. The van der Waals surface area contributed by atoms with Crippen LogP contribution in [0.15, 0.2) is 28.0 Å². The van der Waals surface area contributed by atoms with Crippen LogP contribution >= 0.6 is 0 Å². The molecule has 0 unspecified atom stereocenters. The van der Waals surface area contributed by atoms with Crippen LogP contribution in [0.1, 0.15) is 20.8 Å². The average molecular weight is 353 g/mol. The fourth-order valence-corrected chi connectivity index (χ4v) is 4.13. The molecule has 0 aliphatic carbocycles. The second kappa shape index (κ2) is 6.59. The van der Waals surface area contributed by atoms with Crippen LogP contribution in [0.4, 0.5) is 4.39 Å². The van der Waals surface area contributed by atoms with Crippen molar-refractivity contribution >= 4 is 20.0 Å². The first-order valence-corrected chi connectivity index (χ1v) is 9.39. The summed E-state index contributed by atoms with van der Waals surface area (Å²) in [5, 5.41) is 0. The molecule has 7 nitrogen and oxygen atoms in total. The van der Waals surface area contributed by atoms with Crippen molar-refractivity contribution in [2.75, 3.05) is 13.1 Å². The second-order valence-electron chi connectivity index (χ2n) is 5.63. The minimum Gasteiger partial charge on any atom is -0.329 e. The Morgan fingerprint density at radius 3 is 2.18 bits per heavy atom. The Bertz CT molecular complexity index is 740. The van der Waals surface area contributed by atoms with Gasteiger partial charge in [-0.2, -0.15) is 0 Å². The van der Waals surface area contributed by atoms with E-state index in [1.165, 1.54) is 0 Å². The third-order valence-corrected chi connectivity index (χ3v) is 5.63. The molecular formula is C12H20FN3O4S2. The summed E-state index contributed by atoms with van der Waals surface area (Å²) < 4.78 is 66.3. The molecule has 0 heterocycles. The van der Waals surface area contributed by atoms with Crippen molar-refractivity contribution in [2.24, 2.45) is 5.73 Å². The van der Waals surface area contributed by atoms with Gasteiger partial charge in [-0.1, -0.05) is 0 Å². The first-order valence-electron chi connectivity index (χ1n) is 6.42. The van der Waals surface area contributed by atoms with Gasteiger partial charge >= 0.3 is 0 Å². The molecule has 0 saturated heterocycles. The molecule has 126 valence electrons. The zero-order valence-corrected chi connectivity index (χ0v) is 14.2. The van der Waals surface area contributed by atoms with E-state index in [1.807, 2.05) is 0 Å². The molecule has 0 aromatic heterocycles. The SMILES string of the molecule is CC(C)(C)NS(=O)(=O)c1ccc(S(=O)(=O)NCCN)c(F)c1. The molecule has 22 heavy (non-hydrogen) atoms. The summed E-state index contributed by atoms with van der Waals surface area (Å²) in [4.78, 5) is -0.978. The average Bonchev–Trinajstić information content (AvgIpc) is 2.33. The topological polar surface area (TPSA) is 118 Å². The summed E-state index contributed by atoms with van der Waals surface area (Å²) in [5.74, 6) is -1.15. The van der Waals surface area contributed by atoms with Gasteiger partial charge in [0, 0.05) is 18.6 Å². The van der Waals surface area contributed by atoms with Gasteiger partial charge in [0.05, 0.1) is 4.90 Å². The zero-order valence-electron chi connectivity index (χ0n) is 12.6. The van der Waals surface area contributed by atoms with Crippen LogP contribution in [0.3, 0.4) is 0 Å². The highest BCUT2D eigenvalue weighted by atomic mass is 32.2. The van der Waals surface area contributed by atoms with Crippen LogP contribution in [-0.4, -0.2) is 35.5 Å². The molecule has 0 spiro atoms. The number of benzene rings is 1. The van der Waals surface area contributed by atoms with Gasteiger partial charge in [0.15, 0.2) is 0 Å². The standard InChI is InChI=1S/C12H20FN3O4S2/c1-12(2,3)16-21(17,18)9-4-5-11(10(13)8-9)22(19,20)15-7-6-14/h4-5,8,15-16H,6-7,14H2,1-3H3. The molecule has 0 fully saturated rings. The molecule has 0 saturated carbocycles. The van der Waals surface area contributed by atoms with Gasteiger partial charge in [0.1, 0.15) is 10.7 Å². The van der Waals surface area contributed by atoms with Crippen LogP contribution in [0.2, 0.25) is 0 Å². The van der Waals surface area contributed by atoms with E-state index in [-0.39, 0.29) is 18.0 Å². The molecule has 0 amide bonds. The molecule has 1 rings (SSSR count). The lowest BCUT2D eigenvalue weighted by molar-refractivity contribution is 0.490. The largest absolute Gasteiger partial charge is 0.329 e. The summed E-state index contributed by atoms with van der Waals surface area (Å²) in [6, 6.07) is 2.62. The van der Waals surface area contributed by atoms with E-state index in [1.54, 1.807) is 20.8 Å². The Morgan fingerprint density at radius 2 is 1.73 bits per heavy atom. The predicted octanol–water partition coefficient (Wildman–Crippen LogP) is 0.140. The van der Waals surface area contributed by atoms with Crippen LogP contribution in [0.25, 0.3) is 0 Å². The molecule has 0 aliphatic rings. The fraction of sp³-hybridized carbons (Fsp3) is 0.500. The van der Waals surface area contributed by atoms with E-state index >= 15 is 0 Å². The molecular weight excluding hydrogens is 333 g/mol. The molecule has 10 heteroatoms. The maximum Gasteiger partial charge on any atom is 0.243 e. The smallest absolute Gasteiger partial charge is 0.243 e. The maximum atomic E-state index is 14.0. The van der Waals surface area contributed by atoms with Gasteiger partial charge in [0.2, 0.25) is 20.0 Å². The highest BCUT2D eigenvalue weighted by molar-refractivity contribution is 7.90. The van der Waals surface area contributed by atoms with Crippen molar-refractivity contribution in [3.63, 3.8) is 0 Å². The van der Waals surface area contributed by atoms with Crippen molar-refractivity contribution in [1.29, 1.82) is 0 Å². The molecule has 0 radical (unpaired) electrons. The minimum absolute atomic E-state index is 0.0482. The number of sulfonamides is 2. The Balaban J connectivity index is 3.20. The van der Waals surface area contributed by atoms with Crippen LogP contribution in [0.5, 0.6) is 0 Å². The van der Waals surface area contributed by atoms with Gasteiger partial charge in [0.25, 0.3) is 0 Å². The number of rotatable bonds is 6. The third kappa shape index (κ3) is 4.99. The molecule has 1 aromatic carbocycles. The van der Waals surface area contributed by atoms with Gasteiger partial charge in [-0.15, -0.1) is 0 Å². The Morgan fingerprint density at radius 1 is 1.14 bits per heavy atom. The Labute approximate surface area is 130 Å². The Kier molecular flexibility index (Phi) is 5.68. The van der Waals surface area contributed by atoms with Crippen molar-refractivity contribution in [1.82, 2.24) is 9.44 Å². The van der Waals surface area contributed by atoms with Crippen molar-refractivity contribution in [3.8, 4) is 0 Å². The number of nitrogens with two attached hydrogens (primary N) is 1. The first kappa shape index (κ1) is 19.0. The van der Waals surface area contributed by atoms with E-state index in [4.69, 9.17) is 5.73 Å². The predicted molar refractivity (Wildman–Crippen MR) is 80.7 cm³/mol. The van der Waals surface area contributed by atoms with E-state index < -0.39 is 36.3 Å². The summed E-state index contributed by atoms with van der Waals surface area (Å²) in [6.07, 6.45) is 0.